The highest BCUT2D eigenvalue weighted by Gasteiger charge is 2.22. The number of aryl methyl sites for hydroxylation is 2. The summed E-state index contributed by atoms with van der Waals surface area (Å²) in [6, 6.07) is 15.6. The van der Waals surface area contributed by atoms with E-state index in [9.17, 15) is 9.59 Å². The lowest BCUT2D eigenvalue weighted by atomic mass is 9.78. The van der Waals surface area contributed by atoms with E-state index in [4.69, 9.17) is 9.47 Å². The van der Waals surface area contributed by atoms with E-state index in [0.717, 1.165) is 36.5 Å². The lowest BCUT2D eigenvalue weighted by Gasteiger charge is -2.28. The molecule has 0 aliphatic heterocycles. The van der Waals surface area contributed by atoms with Crippen LogP contribution in [0, 0.1) is 23.7 Å². The number of ether oxygens (including phenoxy) is 2. The highest BCUT2D eigenvalue weighted by Crippen LogP contribution is 2.35. The molecule has 0 saturated heterocycles. The predicted octanol–water partition coefficient (Wildman–Crippen LogP) is 13.3. The van der Waals surface area contributed by atoms with Gasteiger partial charge >= 0.3 is 11.9 Å². The molecule has 2 aromatic carbocycles. The van der Waals surface area contributed by atoms with Gasteiger partial charge in [-0.3, -0.25) is 0 Å². The van der Waals surface area contributed by atoms with Gasteiger partial charge in [0.1, 0.15) is 12.7 Å². The Hall–Kier alpha value is -2.62. The summed E-state index contributed by atoms with van der Waals surface area (Å²) in [5.41, 5.74) is 3.61. The molecule has 2 aliphatic rings. The summed E-state index contributed by atoms with van der Waals surface area (Å²) in [5.74, 6) is 3.07. The number of unbranched alkanes of at least 4 members (excludes halogenated alkanes) is 6. The van der Waals surface area contributed by atoms with Gasteiger partial charge in [0.05, 0.1) is 11.1 Å². The third-order valence-electron chi connectivity index (χ3n) is 12.2. The highest BCUT2D eigenvalue weighted by molar-refractivity contribution is 5.90. The van der Waals surface area contributed by atoms with E-state index in [1.54, 1.807) is 6.92 Å². The fourth-order valence-electron chi connectivity index (χ4n) is 8.68. The van der Waals surface area contributed by atoms with Crippen LogP contribution < -0.4 is 0 Å². The van der Waals surface area contributed by atoms with Crippen molar-refractivity contribution in [3.63, 3.8) is 0 Å². The molecule has 0 amide bonds. The second-order valence-corrected chi connectivity index (χ2v) is 16.5. The molecule has 0 spiro atoms. The maximum atomic E-state index is 12.7. The molecule has 2 saturated carbocycles. The van der Waals surface area contributed by atoms with Crippen molar-refractivity contribution < 1.29 is 19.1 Å². The van der Waals surface area contributed by atoms with Crippen molar-refractivity contribution in [3.05, 3.63) is 70.8 Å². The van der Waals surface area contributed by atoms with Crippen LogP contribution in [0.1, 0.15) is 194 Å². The molecule has 2 aliphatic carbocycles. The Morgan fingerprint density at radius 2 is 0.882 bits per heavy atom. The van der Waals surface area contributed by atoms with Crippen LogP contribution in [0.3, 0.4) is 0 Å². The smallest absolute Gasteiger partial charge is 0.338 e. The third-order valence-corrected chi connectivity index (χ3v) is 12.2. The largest absolute Gasteiger partial charge is 0.458 e. The number of hydrogen-bond donors (Lipinski definition) is 0. The molecule has 0 radical (unpaired) electrons. The van der Waals surface area contributed by atoms with Gasteiger partial charge in [-0.2, -0.15) is 0 Å². The van der Waals surface area contributed by atoms with Gasteiger partial charge in [-0.25, -0.2) is 9.59 Å². The Morgan fingerprint density at radius 1 is 0.529 bits per heavy atom. The zero-order valence-corrected chi connectivity index (χ0v) is 32.8. The zero-order chi connectivity index (χ0) is 36.1. The summed E-state index contributed by atoms with van der Waals surface area (Å²) >= 11 is 0. The zero-order valence-electron chi connectivity index (χ0n) is 32.8. The van der Waals surface area contributed by atoms with Crippen LogP contribution in [-0.2, 0) is 22.3 Å². The Morgan fingerprint density at radius 3 is 1.25 bits per heavy atom. The van der Waals surface area contributed by atoms with Gasteiger partial charge in [0.15, 0.2) is 0 Å². The van der Waals surface area contributed by atoms with Crippen LogP contribution in [0.5, 0.6) is 0 Å². The molecule has 0 unspecified atom stereocenters. The number of carbonyl (C=O) groups excluding carboxylic acids is 2. The highest BCUT2D eigenvalue weighted by atomic mass is 16.6. The van der Waals surface area contributed by atoms with Crippen molar-refractivity contribution >= 4 is 11.9 Å². The molecule has 0 heterocycles. The first-order valence-corrected chi connectivity index (χ1v) is 21.5. The maximum Gasteiger partial charge on any atom is 0.338 e. The maximum absolute atomic E-state index is 12.7. The van der Waals surface area contributed by atoms with E-state index < -0.39 is 6.10 Å². The first-order valence-electron chi connectivity index (χ1n) is 21.5. The van der Waals surface area contributed by atoms with E-state index in [1.807, 2.05) is 48.5 Å². The van der Waals surface area contributed by atoms with Crippen molar-refractivity contribution in [1.82, 2.24) is 0 Å². The van der Waals surface area contributed by atoms with E-state index in [0.29, 0.717) is 11.1 Å². The quantitative estimate of drug-likeness (QED) is 0.0855. The molecule has 51 heavy (non-hydrogen) atoms. The van der Waals surface area contributed by atoms with Crippen LogP contribution in [0.2, 0.25) is 0 Å². The van der Waals surface area contributed by atoms with Gasteiger partial charge in [0.2, 0.25) is 0 Å². The molecule has 2 aromatic rings. The first kappa shape index (κ1) is 41.1. The van der Waals surface area contributed by atoms with Crippen molar-refractivity contribution in [2.75, 3.05) is 6.61 Å². The van der Waals surface area contributed by atoms with Crippen molar-refractivity contribution in [2.24, 2.45) is 23.7 Å². The molecule has 284 valence electrons. The van der Waals surface area contributed by atoms with Crippen LogP contribution in [0.15, 0.2) is 48.5 Å². The van der Waals surface area contributed by atoms with Gasteiger partial charge in [0, 0.05) is 0 Å². The summed E-state index contributed by atoms with van der Waals surface area (Å²) < 4.78 is 11.1. The molecule has 2 fully saturated rings. The number of carbonyl (C=O) groups is 2. The average Bonchev–Trinajstić information content (AvgIpc) is 3.16. The summed E-state index contributed by atoms with van der Waals surface area (Å²) in [6.07, 6.45) is 32.0. The topological polar surface area (TPSA) is 52.6 Å². The van der Waals surface area contributed by atoms with Crippen LogP contribution in [0.4, 0.5) is 0 Å². The standard InChI is InChI=1S/C47H72O4/c1-4-6-8-14-38-20-24-40(25-21-38)16-10-12-18-42-28-32-44(33-29-42)46(48)50-36-37(3)51-47(49)45-34-30-43(31-35-45)19-13-11-17-41-26-22-39(23-27-41)15-9-7-5-2/h28-35,37-41H,4-27,36H2,1-3H3/t37-,38?,39?,40?,41?/m1/s1. The molecule has 0 aromatic heterocycles. The fourth-order valence-corrected chi connectivity index (χ4v) is 8.68. The normalized spacial score (nSPS) is 21.2. The Balaban J connectivity index is 1.03. The van der Waals surface area contributed by atoms with Gasteiger partial charge in [-0.15, -0.1) is 0 Å². The van der Waals surface area contributed by atoms with Crippen LogP contribution in [-0.4, -0.2) is 24.6 Å². The minimum Gasteiger partial charge on any atom is -0.458 e. The van der Waals surface area contributed by atoms with Crippen LogP contribution in [0.25, 0.3) is 0 Å². The van der Waals surface area contributed by atoms with Crippen molar-refractivity contribution in [1.29, 1.82) is 0 Å². The minimum atomic E-state index is -0.525. The molecule has 1 atom stereocenters. The molecule has 4 heteroatoms. The summed E-state index contributed by atoms with van der Waals surface area (Å²) in [5, 5.41) is 0. The van der Waals surface area contributed by atoms with Crippen LogP contribution >= 0.6 is 0 Å². The molecular weight excluding hydrogens is 629 g/mol. The number of esters is 2. The molecule has 4 rings (SSSR count). The Kier molecular flexibility index (Phi) is 19.2. The van der Waals surface area contributed by atoms with E-state index >= 15 is 0 Å². The minimum absolute atomic E-state index is 0.0333. The van der Waals surface area contributed by atoms with Gasteiger partial charge < -0.3 is 9.47 Å². The average molecular weight is 701 g/mol. The first-order chi connectivity index (χ1) is 24.9. The molecule has 0 N–H and O–H groups in total. The van der Waals surface area contributed by atoms with Crippen molar-refractivity contribution in [3.8, 4) is 0 Å². The SMILES string of the molecule is CCCCCC1CCC(CCCCc2ccc(C(=O)OC[C@@H](C)OC(=O)c3ccc(CCCCC4CCC(CCCCC)CC4)cc3)cc2)CC1. The fraction of sp³-hybridized carbons (Fsp3) is 0.702. The monoisotopic (exact) mass is 701 g/mol. The molecule has 4 nitrogen and oxygen atoms in total. The van der Waals surface area contributed by atoms with E-state index in [-0.39, 0.29) is 18.5 Å². The lowest BCUT2D eigenvalue weighted by Crippen LogP contribution is -2.22. The van der Waals surface area contributed by atoms with E-state index in [2.05, 4.69) is 13.8 Å². The summed E-state index contributed by atoms with van der Waals surface area (Å²) in [4.78, 5) is 25.4. The summed E-state index contributed by atoms with van der Waals surface area (Å²) in [7, 11) is 0. The predicted molar refractivity (Wildman–Crippen MR) is 212 cm³/mol. The molecule has 0 bridgehead atoms. The molecular formula is C47H72O4. The number of hydrogen-bond acceptors (Lipinski definition) is 4. The number of rotatable bonds is 23. The van der Waals surface area contributed by atoms with E-state index in [1.165, 1.54) is 152 Å². The Bertz CT molecular complexity index is 1220. The van der Waals surface area contributed by atoms with Gasteiger partial charge in [0.25, 0.3) is 0 Å². The van der Waals surface area contributed by atoms with Crippen molar-refractivity contribution in [2.45, 2.75) is 181 Å². The van der Waals surface area contributed by atoms with Gasteiger partial charge in [-0.05, 0) is 91.7 Å². The Labute approximate surface area is 312 Å². The second kappa shape index (κ2) is 23.8. The second-order valence-electron chi connectivity index (χ2n) is 16.5. The third kappa shape index (κ3) is 15.9. The number of benzene rings is 2. The summed E-state index contributed by atoms with van der Waals surface area (Å²) in [6.45, 7) is 6.39. The lowest BCUT2D eigenvalue weighted by molar-refractivity contribution is 0.00448. The van der Waals surface area contributed by atoms with Gasteiger partial charge in [-0.1, -0.05) is 167 Å².